The molecule has 0 heterocycles. The van der Waals surface area contributed by atoms with Crippen molar-refractivity contribution in [3.8, 4) is 5.75 Å². The van der Waals surface area contributed by atoms with E-state index in [1.54, 1.807) is 7.11 Å². The van der Waals surface area contributed by atoms with Crippen molar-refractivity contribution in [2.45, 2.75) is 31.8 Å². The highest BCUT2D eigenvalue weighted by Crippen LogP contribution is 2.59. The number of aliphatic hydroxyl groups is 1. The molecule has 17 heavy (non-hydrogen) atoms. The van der Waals surface area contributed by atoms with Gasteiger partial charge in [0.1, 0.15) is 5.75 Å². The topological polar surface area (TPSA) is 29.5 Å². The molecule has 1 aromatic rings. The van der Waals surface area contributed by atoms with Crippen LogP contribution < -0.4 is 4.74 Å². The Labute approximate surface area is 103 Å². The van der Waals surface area contributed by atoms with Crippen LogP contribution in [0.4, 0.5) is 0 Å². The van der Waals surface area contributed by atoms with Crippen LogP contribution in [0.2, 0.25) is 0 Å². The van der Waals surface area contributed by atoms with Gasteiger partial charge in [0, 0.05) is 6.42 Å². The van der Waals surface area contributed by atoms with E-state index in [4.69, 9.17) is 4.74 Å². The molecular weight excluding hydrogens is 212 g/mol. The SMILES string of the molecule is COc1ccccc1CC(O)C1C2CCCC21. The van der Waals surface area contributed by atoms with Crippen molar-refractivity contribution in [2.24, 2.45) is 17.8 Å². The first-order valence-electron chi connectivity index (χ1n) is 6.61. The van der Waals surface area contributed by atoms with Gasteiger partial charge in [0.05, 0.1) is 13.2 Å². The zero-order valence-electron chi connectivity index (χ0n) is 10.3. The van der Waals surface area contributed by atoms with Crippen molar-refractivity contribution in [3.05, 3.63) is 29.8 Å². The van der Waals surface area contributed by atoms with E-state index >= 15 is 0 Å². The van der Waals surface area contributed by atoms with E-state index in [9.17, 15) is 5.11 Å². The predicted molar refractivity (Wildman–Crippen MR) is 67.0 cm³/mol. The van der Waals surface area contributed by atoms with Crippen LogP contribution in [0.3, 0.4) is 0 Å². The van der Waals surface area contributed by atoms with Crippen LogP contribution in [-0.2, 0) is 6.42 Å². The summed E-state index contributed by atoms with van der Waals surface area (Å²) < 4.78 is 5.33. The van der Waals surface area contributed by atoms with Gasteiger partial charge in [-0.05, 0) is 42.2 Å². The second-order valence-electron chi connectivity index (χ2n) is 5.42. The molecule has 0 aliphatic heterocycles. The summed E-state index contributed by atoms with van der Waals surface area (Å²) >= 11 is 0. The molecule has 1 N–H and O–H groups in total. The van der Waals surface area contributed by atoms with Crippen molar-refractivity contribution in [1.29, 1.82) is 0 Å². The summed E-state index contributed by atoms with van der Waals surface area (Å²) in [5.41, 5.74) is 1.13. The van der Waals surface area contributed by atoms with E-state index in [1.165, 1.54) is 19.3 Å². The van der Waals surface area contributed by atoms with Gasteiger partial charge >= 0.3 is 0 Å². The molecule has 2 aliphatic rings. The van der Waals surface area contributed by atoms with Crippen LogP contribution >= 0.6 is 0 Å². The van der Waals surface area contributed by atoms with Gasteiger partial charge < -0.3 is 9.84 Å². The van der Waals surface area contributed by atoms with Gasteiger partial charge in [-0.15, -0.1) is 0 Å². The highest BCUT2D eigenvalue weighted by Gasteiger charge is 2.55. The summed E-state index contributed by atoms with van der Waals surface area (Å²) in [5.74, 6) is 3.10. The molecule has 0 bridgehead atoms. The molecule has 0 saturated heterocycles. The molecule has 2 aliphatic carbocycles. The standard InChI is InChI=1S/C15H20O2/c1-17-14-8-3-2-5-10(14)9-13(16)15-11-6-4-7-12(11)15/h2-3,5,8,11-13,15-16H,4,6-7,9H2,1H3. The van der Waals surface area contributed by atoms with Crippen LogP contribution in [0.15, 0.2) is 24.3 Å². The molecule has 1 aromatic carbocycles. The maximum absolute atomic E-state index is 10.3. The number of para-hydroxylation sites is 1. The lowest BCUT2D eigenvalue weighted by Gasteiger charge is -2.14. The molecule has 2 fully saturated rings. The lowest BCUT2D eigenvalue weighted by Crippen LogP contribution is -2.16. The van der Waals surface area contributed by atoms with Crippen molar-refractivity contribution in [2.75, 3.05) is 7.11 Å². The van der Waals surface area contributed by atoms with Gasteiger partial charge in [-0.3, -0.25) is 0 Å². The molecule has 0 aromatic heterocycles. The molecular formula is C15H20O2. The van der Waals surface area contributed by atoms with Gasteiger partial charge in [-0.25, -0.2) is 0 Å². The normalized spacial score (nSPS) is 32.0. The predicted octanol–water partition coefficient (Wildman–Crippen LogP) is 2.64. The number of ether oxygens (including phenoxy) is 1. The fourth-order valence-corrected chi connectivity index (χ4v) is 3.68. The van der Waals surface area contributed by atoms with Gasteiger partial charge in [-0.1, -0.05) is 24.6 Å². The lowest BCUT2D eigenvalue weighted by molar-refractivity contribution is 0.135. The molecule has 2 heteroatoms. The fourth-order valence-electron chi connectivity index (χ4n) is 3.68. The highest BCUT2D eigenvalue weighted by atomic mass is 16.5. The maximum Gasteiger partial charge on any atom is 0.122 e. The van der Waals surface area contributed by atoms with E-state index in [-0.39, 0.29) is 6.10 Å². The van der Waals surface area contributed by atoms with E-state index in [1.807, 2.05) is 18.2 Å². The Kier molecular flexibility index (Phi) is 2.83. The van der Waals surface area contributed by atoms with Crippen molar-refractivity contribution in [3.63, 3.8) is 0 Å². The molecule has 0 radical (unpaired) electrons. The van der Waals surface area contributed by atoms with Crippen molar-refractivity contribution >= 4 is 0 Å². The smallest absolute Gasteiger partial charge is 0.122 e. The number of aliphatic hydroxyl groups excluding tert-OH is 1. The Bertz CT molecular complexity index is 392. The van der Waals surface area contributed by atoms with Crippen LogP contribution in [0.1, 0.15) is 24.8 Å². The summed E-state index contributed by atoms with van der Waals surface area (Å²) in [6, 6.07) is 8.01. The van der Waals surface area contributed by atoms with Crippen LogP contribution in [0, 0.1) is 17.8 Å². The second-order valence-corrected chi connectivity index (χ2v) is 5.42. The number of fused-ring (bicyclic) bond motifs is 1. The summed E-state index contributed by atoms with van der Waals surface area (Å²) in [4.78, 5) is 0. The summed E-state index contributed by atoms with van der Waals surface area (Å²) in [7, 11) is 1.69. The molecule has 3 unspecified atom stereocenters. The van der Waals surface area contributed by atoms with E-state index in [2.05, 4.69) is 6.07 Å². The third kappa shape index (κ3) is 1.95. The number of hydrogen-bond acceptors (Lipinski definition) is 2. The van der Waals surface area contributed by atoms with Gasteiger partial charge in [-0.2, -0.15) is 0 Å². The van der Waals surface area contributed by atoms with Crippen molar-refractivity contribution < 1.29 is 9.84 Å². The number of benzene rings is 1. The Morgan fingerprint density at radius 1 is 1.29 bits per heavy atom. The average molecular weight is 232 g/mol. The molecule has 2 saturated carbocycles. The zero-order chi connectivity index (χ0) is 11.8. The second kappa shape index (κ2) is 4.34. The van der Waals surface area contributed by atoms with Crippen molar-refractivity contribution in [1.82, 2.24) is 0 Å². The molecule has 92 valence electrons. The quantitative estimate of drug-likeness (QED) is 0.864. The van der Waals surface area contributed by atoms with Crippen LogP contribution in [-0.4, -0.2) is 18.3 Å². The highest BCUT2D eigenvalue weighted by molar-refractivity contribution is 5.34. The molecule has 0 amide bonds. The zero-order valence-corrected chi connectivity index (χ0v) is 10.3. The average Bonchev–Trinajstić information content (AvgIpc) is 2.84. The van der Waals surface area contributed by atoms with Crippen LogP contribution in [0.5, 0.6) is 5.75 Å². The van der Waals surface area contributed by atoms with Gasteiger partial charge in [0.25, 0.3) is 0 Å². The minimum absolute atomic E-state index is 0.179. The minimum atomic E-state index is -0.179. The van der Waals surface area contributed by atoms with Gasteiger partial charge in [0.2, 0.25) is 0 Å². The van der Waals surface area contributed by atoms with Crippen LogP contribution in [0.25, 0.3) is 0 Å². The summed E-state index contributed by atoms with van der Waals surface area (Å²) in [5, 5.41) is 10.3. The van der Waals surface area contributed by atoms with E-state index < -0.39 is 0 Å². The molecule has 0 spiro atoms. The minimum Gasteiger partial charge on any atom is -0.496 e. The summed E-state index contributed by atoms with van der Waals surface area (Å²) in [6.45, 7) is 0. The first kappa shape index (κ1) is 11.1. The Morgan fingerprint density at radius 3 is 2.71 bits per heavy atom. The first-order chi connectivity index (χ1) is 8.31. The summed E-state index contributed by atoms with van der Waals surface area (Å²) in [6.07, 6.45) is 4.59. The van der Waals surface area contributed by atoms with E-state index in [0.717, 1.165) is 29.6 Å². The molecule has 2 nitrogen and oxygen atoms in total. The Balaban J connectivity index is 1.66. The third-order valence-electron chi connectivity index (χ3n) is 4.54. The molecule has 3 atom stereocenters. The lowest BCUT2D eigenvalue weighted by atomic mass is 9.99. The Morgan fingerprint density at radius 2 is 2.00 bits per heavy atom. The van der Waals surface area contributed by atoms with E-state index in [0.29, 0.717) is 5.92 Å². The number of rotatable bonds is 4. The first-order valence-corrected chi connectivity index (χ1v) is 6.61. The fraction of sp³-hybridized carbons (Fsp3) is 0.600. The third-order valence-corrected chi connectivity index (χ3v) is 4.54. The van der Waals surface area contributed by atoms with Gasteiger partial charge in [0.15, 0.2) is 0 Å². The maximum atomic E-state index is 10.3. The number of hydrogen-bond donors (Lipinski definition) is 1. The monoisotopic (exact) mass is 232 g/mol. The Hall–Kier alpha value is -1.02. The largest absolute Gasteiger partial charge is 0.496 e. The molecule has 3 rings (SSSR count). The number of methoxy groups -OCH3 is 1.